The molecule has 0 unspecified atom stereocenters. The molecule has 118 valence electrons. The lowest BCUT2D eigenvalue weighted by Gasteiger charge is -2.15. The standard InChI is InChI=1S/C12H8BrF4N3OS/c1-5(8-4-22-20-19-8)18-11(21)9-7(14)3-2-6(10(9)13)12(15,16)17/h2-5H,1H3,(H,18,21)/t5-/m0/s1. The van der Waals surface area contributed by atoms with Crippen LogP contribution in [0.25, 0.3) is 0 Å². The maximum absolute atomic E-state index is 13.8. The van der Waals surface area contributed by atoms with E-state index in [1.807, 2.05) is 0 Å². The number of amides is 1. The molecule has 1 amide bonds. The summed E-state index contributed by atoms with van der Waals surface area (Å²) in [7, 11) is 0. The Kier molecular flexibility index (Phi) is 4.81. The number of hydrogen-bond acceptors (Lipinski definition) is 4. The summed E-state index contributed by atoms with van der Waals surface area (Å²) in [6.07, 6.45) is -4.70. The molecule has 0 saturated carbocycles. The Labute approximate surface area is 134 Å². The first-order chi connectivity index (χ1) is 10.2. The first kappa shape index (κ1) is 16.8. The van der Waals surface area contributed by atoms with E-state index in [0.29, 0.717) is 17.8 Å². The molecule has 0 spiro atoms. The predicted octanol–water partition coefficient (Wildman–Crippen LogP) is 3.95. The zero-order valence-electron chi connectivity index (χ0n) is 10.9. The van der Waals surface area contributed by atoms with E-state index in [-0.39, 0.29) is 0 Å². The SMILES string of the molecule is C[C@H](NC(=O)c1c(F)ccc(C(F)(F)F)c1Br)c1csnn1. The van der Waals surface area contributed by atoms with Crippen molar-refractivity contribution < 1.29 is 22.4 Å². The van der Waals surface area contributed by atoms with Crippen LogP contribution in [0.3, 0.4) is 0 Å². The van der Waals surface area contributed by atoms with Gasteiger partial charge in [-0.05, 0) is 46.5 Å². The molecule has 2 aromatic rings. The smallest absolute Gasteiger partial charge is 0.344 e. The van der Waals surface area contributed by atoms with Gasteiger partial charge in [0.1, 0.15) is 5.82 Å². The van der Waals surface area contributed by atoms with Crippen LogP contribution < -0.4 is 5.32 Å². The largest absolute Gasteiger partial charge is 0.417 e. The summed E-state index contributed by atoms with van der Waals surface area (Å²) in [5.74, 6) is -2.03. The summed E-state index contributed by atoms with van der Waals surface area (Å²) >= 11 is 3.72. The van der Waals surface area contributed by atoms with Crippen LogP contribution >= 0.6 is 27.5 Å². The minimum Gasteiger partial charge on any atom is -0.344 e. The van der Waals surface area contributed by atoms with Crippen molar-refractivity contribution in [2.24, 2.45) is 0 Å². The van der Waals surface area contributed by atoms with Crippen molar-refractivity contribution in [2.75, 3.05) is 0 Å². The van der Waals surface area contributed by atoms with Gasteiger partial charge in [-0.2, -0.15) is 13.2 Å². The fourth-order valence-corrected chi connectivity index (χ4v) is 2.96. The van der Waals surface area contributed by atoms with Crippen molar-refractivity contribution in [2.45, 2.75) is 19.1 Å². The maximum atomic E-state index is 13.8. The molecule has 0 aliphatic rings. The van der Waals surface area contributed by atoms with Crippen LogP contribution in [0.4, 0.5) is 17.6 Å². The Morgan fingerprint density at radius 1 is 1.41 bits per heavy atom. The number of carbonyl (C=O) groups is 1. The first-order valence-electron chi connectivity index (χ1n) is 5.84. The number of alkyl halides is 3. The molecule has 0 saturated heterocycles. The van der Waals surface area contributed by atoms with Crippen molar-refractivity contribution >= 4 is 33.4 Å². The lowest BCUT2D eigenvalue weighted by Crippen LogP contribution is -2.28. The molecule has 0 radical (unpaired) electrons. The number of halogens is 5. The van der Waals surface area contributed by atoms with E-state index in [1.165, 1.54) is 0 Å². The minimum atomic E-state index is -4.70. The molecule has 1 aromatic carbocycles. The van der Waals surface area contributed by atoms with Crippen LogP contribution in [0.1, 0.15) is 34.6 Å². The van der Waals surface area contributed by atoms with E-state index >= 15 is 0 Å². The van der Waals surface area contributed by atoms with Gasteiger partial charge in [-0.15, -0.1) is 5.10 Å². The summed E-state index contributed by atoms with van der Waals surface area (Å²) in [4.78, 5) is 12.1. The summed E-state index contributed by atoms with van der Waals surface area (Å²) in [5, 5.41) is 7.69. The van der Waals surface area contributed by atoms with Gasteiger partial charge < -0.3 is 5.32 Å². The van der Waals surface area contributed by atoms with Crippen molar-refractivity contribution in [1.29, 1.82) is 0 Å². The van der Waals surface area contributed by atoms with E-state index in [4.69, 9.17) is 0 Å². The molecule has 0 aliphatic carbocycles. The lowest BCUT2D eigenvalue weighted by molar-refractivity contribution is -0.138. The average Bonchev–Trinajstić information content (AvgIpc) is 2.90. The first-order valence-corrected chi connectivity index (χ1v) is 7.47. The number of nitrogens with one attached hydrogen (secondary N) is 1. The third kappa shape index (κ3) is 3.43. The summed E-state index contributed by atoms with van der Waals surface area (Å²) in [5.41, 5.74) is -1.39. The highest BCUT2D eigenvalue weighted by atomic mass is 79.9. The second-order valence-electron chi connectivity index (χ2n) is 4.31. The number of carbonyl (C=O) groups excluding carboxylic acids is 1. The third-order valence-corrected chi connectivity index (χ3v) is 4.14. The van der Waals surface area contributed by atoms with Crippen LogP contribution in [-0.2, 0) is 6.18 Å². The van der Waals surface area contributed by atoms with Crippen molar-refractivity contribution in [3.63, 3.8) is 0 Å². The van der Waals surface area contributed by atoms with Gasteiger partial charge in [0.05, 0.1) is 22.9 Å². The van der Waals surface area contributed by atoms with Crippen molar-refractivity contribution in [3.8, 4) is 0 Å². The van der Waals surface area contributed by atoms with Crippen LogP contribution in [0.2, 0.25) is 0 Å². The molecular weight excluding hydrogens is 390 g/mol. The highest BCUT2D eigenvalue weighted by Crippen LogP contribution is 2.37. The van der Waals surface area contributed by atoms with Gasteiger partial charge in [-0.25, -0.2) is 4.39 Å². The number of rotatable bonds is 3. The Hall–Kier alpha value is -1.55. The van der Waals surface area contributed by atoms with Crippen molar-refractivity contribution in [3.05, 3.63) is 44.6 Å². The molecule has 10 heteroatoms. The number of benzene rings is 1. The Morgan fingerprint density at radius 2 is 2.09 bits per heavy atom. The van der Waals surface area contributed by atoms with Gasteiger partial charge in [0.2, 0.25) is 0 Å². The Balaban J connectivity index is 2.33. The van der Waals surface area contributed by atoms with E-state index in [0.717, 1.165) is 11.5 Å². The van der Waals surface area contributed by atoms with Crippen LogP contribution in [0.15, 0.2) is 22.0 Å². The Bertz CT molecular complexity index is 690. The van der Waals surface area contributed by atoms with Gasteiger partial charge >= 0.3 is 6.18 Å². The normalized spacial score (nSPS) is 13.0. The topological polar surface area (TPSA) is 54.9 Å². The number of aromatic nitrogens is 2. The molecule has 0 fully saturated rings. The molecule has 0 aliphatic heterocycles. The molecule has 1 N–H and O–H groups in total. The average molecular weight is 398 g/mol. The molecule has 2 rings (SSSR count). The predicted molar refractivity (Wildman–Crippen MR) is 74.9 cm³/mol. The summed E-state index contributed by atoms with van der Waals surface area (Å²) in [6.45, 7) is 1.56. The van der Waals surface area contributed by atoms with Gasteiger partial charge in [0, 0.05) is 9.85 Å². The van der Waals surface area contributed by atoms with Gasteiger partial charge in [0.25, 0.3) is 5.91 Å². The lowest BCUT2D eigenvalue weighted by atomic mass is 10.1. The zero-order valence-corrected chi connectivity index (χ0v) is 13.3. The fraction of sp³-hybridized carbons (Fsp3) is 0.250. The van der Waals surface area contributed by atoms with E-state index in [2.05, 4.69) is 30.8 Å². The quantitative estimate of drug-likeness (QED) is 0.797. The van der Waals surface area contributed by atoms with Crippen LogP contribution in [0, 0.1) is 5.82 Å². The van der Waals surface area contributed by atoms with E-state index in [9.17, 15) is 22.4 Å². The van der Waals surface area contributed by atoms with Gasteiger partial charge in [0.15, 0.2) is 0 Å². The minimum absolute atomic E-state index is 0.432. The van der Waals surface area contributed by atoms with E-state index in [1.54, 1.807) is 12.3 Å². The molecule has 1 atom stereocenters. The number of hydrogen-bond donors (Lipinski definition) is 1. The van der Waals surface area contributed by atoms with E-state index < -0.39 is 39.5 Å². The maximum Gasteiger partial charge on any atom is 0.417 e. The molecule has 1 heterocycles. The second-order valence-corrected chi connectivity index (χ2v) is 5.71. The fourth-order valence-electron chi connectivity index (χ4n) is 1.68. The zero-order chi connectivity index (χ0) is 16.5. The number of nitrogens with zero attached hydrogens (tertiary/aromatic N) is 2. The summed E-state index contributed by atoms with van der Waals surface area (Å²) in [6, 6.07) is 0.564. The van der Waals surface area contributed by atoms with Crippen molar-refractivity contribution in [1.82, 2.24) is 14.9 Å². The van der Waals surface area contributed by atoms with Gasteiger partial charge in [-0.1, -0.05) is 4.49 Å². The molecule has 4 nitrogen and oxygen atoms in total. The van der Waals surface area contributed by atoms with Crippen LogP contribution in [-0.4, -0.2) is 15.5 Å². The molecular formula is C12H8BrF4N3OS. The monoisotopic (exact) mass is 397 g/mol. The van der Waals surface area contributed by atoms with Crippen LogP contribution in [0.5, 0.6) is 0 Å². The Morgan fingerprint density at radius 3 is 2.64 bits per heavy atom. The highest BCUT2D eigenvalue weighted by Gasteiger charge is 2.35. The summed E-state index contributed by atoms with van der Waals surface area (Å²) < 4.78 is 55.2. The highest BCUT2D eigenvalue weighted by molar-refractivity contribution is 9.10. The van der Waals surface area contributed by atoms with Gasteiger partial charge in [-0.3, -0.25) is 4.79 Å². The molecule has 1 aromatic heterocycles. The molecule has 22 heavy (non-hydrogen) atoms. The third-order valence-electron chi connectivity index (χ3n) is 2.79. The second kappa shape index (κ2) is 6.29. The molecule has 0 bridgehead atoms.